The lowest BCUT2D eigenvalue weighted by Crippen LogP contribution is -3.00. The van der Waals surface area contributed by atoms with Gasteiger partial charge in [-0.05, 0) is 203 Å². The Balaban J connectivity index is 0.000000125. The van der Waals surface area contributed by atoms with Gasteiger partial charge in [-0.15, -0.1) is 0 Å². The number of hydrogen-bond donors (Lipinski definition) is 1. The van der Waals surface area contributed by atoms with Crippen LogP contribution < -0.4 is 22.3 Å². The third-order valence-electron chi connectivity index (χ3n) is 21.5. The van der Waals surface area contributed by atoms with E-state index in [0.717, 1.165) is 54.4 Å². The standard InChI is InChI=1S/C46H36N.C24H20Br2.C22H17N.BrH/c1-29-23-33-13-5-9-17-39(33)45-41(29)27-47(28-42-30(2)24-34-14-6-10-18-40(34)46(42)45)25-35-21-19-31-11-3-7-15-37(31)43(35)44-36(26-47)22-20-32-12-4-8-16-38(32)44;1-15-11-17-7-3-5-9-19(17)23(21(15)13-25)24-20-10-6-4-8-18(20)12-16(2)22(24)14-26;1-3-7-19-15(5-1)9-11-17-13-23-14-18-12-10-16-6-2-4-8-20(16)22(18)21(17)19;/h3-24H,25-28H2,1-2H3;3-12H,13-14H2,1-2H3;1-12,23H,13-14H2;1H/q+1;;;/p-1. The lowest BCUT2D eigenvalue weighted by atomic mass is 9.84. The van der Waals surface area contributed by atoms with Gasteiger partial charge in [-0.25, -0.2) is 0 Å². The van der Waals surface area contributed by atoms with Crippen molar-refractivity contribution in [1.29, 1.82) is 0 Å². The van der Waals surface area contributed by atoms with Crippen LogP contribution in [-0.2, 0) is 49.9 Å². The van der Waals surface area contributed by atoms with Gasteiger partial charge in [0, 0.05) is 46.0 Å². The van der Waals surface area contributed by atoms with E-state index in [-0.39, 0.29) is 17.0 Å². The molecule has 0 amide bonds. The summed E-state index contributed by atoms with van der Waals surface area (Å²) in [4.78, 5) is 0. The maximum atomic E-state index is 3.76. The largest absolute Gasteiger partial charge is 1.00 e. The van der Waals surface area contributed by atoms with Gasteiger partial charge in [-0.2, -0.15) is 0 Å². The first-order valence-corrected chi connectivity index (χ1v) is 36.1. The third kappa shape index (κ3) is 10.8. The van der Waals surface area contributed by atoms with Crippen molar-refractivity contribution in [3.8, 4) is 44.5 Å². The summed E-state index contributed by atoms with van der Waals surface area (Å²) in [6, 6.07) is 99.2. The van der Waals surface area contributed by atoms with E-state index in [0.29, 0.717) is 0 Å². The number of quaternary nitrogens is 1. The maximum absolute atomic E-state index is 3.76. The Hall–Kier alpha value is -9.04. The van der Waals surface area contributed by atoms with Crippen LogP contribution in [0.15, 0.2) is 267 Å². The molecule has 0 atom stereocenters. The first kappa shape index (κ1) is 62.7. The number of nitrogens with one attached hydrogen (secondary N) is 1. The predicted octanol–water partition coefficient (Wildman–Crippen LogP) is 22.1. The molecular formula is C92H73Br3N2. The van der Waals surface area contributed by atoms with Gasteiger partial charge in [0.15, 0.2) is 0 Å². The molecule has 0 saturated heterocycles. The van der Waals surface area contributed by atoms with Crippen molar-refractivity contribution >= 4 is 118 Å². The molecule has 2 nitrogen and oxygen atoms in total. The lowest BCUT2D eigenvalue weighted by Gasteiger charge is -2.38. The Morgan fingerprint density at radius 3 is 0.825 bits per heavy atom. The van der Waals surface area contributed by atoms with E-state index >= 15 is 0 Å². The van der Waals surface area contributed by atoms with Crippen molar-refractivity contribution in [3.05, 3.63) is 334 Å². The fourth-order valence-electron chi connectivity index (χ4n) is 17.1. The summed E-state index contributed by atoms with van der Waals surface area (Å²) < 4.78 is 0.967. The molecule has 0 fully saturated rings. The number of alkyl halides is 2. The molecule has 1 N–H and O–H groups in total. The van der Waals surface area contributed by atoms with Gasteiger partial charge >= 0.3 is 0 Å². The summed E-state index contributed by atoms with van der Waals surface area (Å²) in [6.07, 6.45) is 0. The van der Waals surface area contributed by atoms with Crippen LogP contribution in [0.25, 0.3) is 131 Å². The molecule has 0 bridgehead atoms. The van der Waals surface area contributed by atoms with Gasteiger partial charge in [0.05, 0.1) is 0 Å². The minimum absolute atomic E-state index is 0. The van der Waals surface area contributed by atoms with Crippen molar-refractivity contribution in [2.45, 2.75) is 77.6 Å². The highest BCUT2D eigenvalue weighted by Gasteiger charge is 2.41. The fraction of sp³-hybridized carbons (Fsp3) is 0.130. The molecule has 97 heavy (non-hydrogen) atoms. The van der Waals surface area contributed by atoms with E-state index in [1.807, 2.05) is 0 Å². The summed E-state index contributed by atoms with van der Waals surface area (Å²) in [5.41, 5.74) is 28.2. The van der Waals surface area contributed by atoms with Crippen LogP contribution >= 0.6 is 31.9 Å². The molecule has 0 radical (unpaired) electrons. The number of rotatable bonds is 3. The van der Waals surface area contributed by atoms with Crippen LogP contribution in [0.1, 0.15) is 66.8 Å². The zero-order valence-electron chi connectivity index (χ0n) is 55.1. The van der Waals surface area contributed by atoms with E-state index < -0.39 is 0 Å². The molecule has 0 unspecified atom stereocenters. The summed E-state index contributed by atoms with van der Waals surface area (Å²) in [5, 5.41) is 26.6. The van der Waals surface area contributed by atoms with E-state index in [1.54, 1.807) is 0 Å². The molecule has 3 aliphatic rings. The smallest absolute Gasteiger partial charge is 0.106 e. The van der Waals surface area contributed by atoms with E-state index in [4.69, 9.17) is 0 Å². The Morgan fingerprint density at radius 1 is 0.268 bits per heavy atom. The summed E-state index contributed by atoms with van der Waals surface area (Å²) in [5.74, 6) is 0. The van der Waals surface area contributed by atoms with Crippen LogP contribution in [-0.4, -0.2) is 4.48 Å². The first-order chi connectivity index (χ1) is 47.1. The van der Waals surface area contributed by atoms with Crippen molar-refractivity contribution in [2.24, 2.45) is 0 Å². The molecule has 472 valence electrons. The van der Waals surface area contributed by atoms with E-state index in [1.165, 1.54) is 197 Å². The second-order valence-electron chi connectivity index (χ2n) is 27.2. The van der Waals surface area contributed by atoms with Crippen molar-refractivity contribution < 1.29 is 21.5 Å². The van der Waals surface area contributed by atoms with Crippen molar-refractivity contribution in [1.82, 2.24) is 5.32 Å². The highest BCUT2D eigenvalue weighted by Crippen LogP contribution is 2.52. The Bertz CT molecular complexity index is 5500. The Labute approximate surface area is 595 Å². The molecule has 19 rings (SSSR count). The molecule has 0 aliphatic carbocycles. The molecule has 16 aromatic carbocycles. The SMILES string of the molecule is Cc1cc2ccccc2c(-c2c(CBr)c(C)cc3ccccc23)c1CBr.Cc1cc2ccccc2c2c1C[N+]1(Cc3ccc4ccccc4c3-c3c(ccc4ccccc34)C1)Cc1c(C)cc3ccccc3c1-2.[Br-].c1ccc2c3c(ccc2c1)CNCc1ccc2ccccc2c1-3. The number of nitrogens with zero attached hydrogens (tertiary/aromatic N) is 1. The summed E-state index contributed by atoms with van der Waals surface area (Å²) >= 11 is 7.52. The van der Waals surface area contributed by atoms with Crippen LogP contribution in [0.5, 0.6) is 0 Å². The molecule has 1 spiro atoms. The predicted molar refractivity (Wildman–Crippen MR) is 417 cm³/mol. The minimum Gasteiger partial charge on any atom is -1.00 e. The zero-order valence-corrected chi connectivity index (χ0v) is 59.9. The van der Waals surface area contributed by atoms with E-state index in [9.17, 15) is 0 Å². The third-order valence-corrected chi connectivity index (χ3v) is 22.6. The quantitative estimate of drug-likeness (QED) is 0.137. The topological polar surface area (TPSA) is 12.0 Å². The minimum atomic E-state index is 0. The second kappa shape index (κ2) is 25.8. The van der Waals surface area contributed by atoms with Crippen molar-refractivity contribution in [2.75, 3.05) is 0 Å². The summed E-state index contributed by atoms with van der Waals surface area (Å²) in [6.45, 7) is 14.9. The Morgan fingerprint density at radius 2 is 0.515 bits per heavy atom. The first-order valence-electron chi connectivity index (χ1n) is 33.9. The average Bonchev–Trinajstić information content (AvgIpc) is 1.64. The highest BCUT2D eigenvalue weighted by molar-refractivity contribution is 9.08. The maximum Gasteiger partial charge on any atom is 0.106 e. The molecule has 3 heterocycles. The molecule has 5 heteroatoms. The van der Waals surface area contributed by atoms with Crippen LogP contribution in [0, 0.1) is 27.7 Å². The number of hydrogen-bond acceptors (Lipinski definition) is 1. The van der Waals surface area contributed by atoms with Crippen LogP contribution in [0.4, 0.5) is 0 Å². The molecule has 0 aromatic heterocycles. The fourth-order valence-corrected chi connectivity index (χ4v) is 18.5. The normalized spacial score (nSPS) is 13.5. The monoisotopic (exact) mass is 1440 g/mol. The van der Waals surface area contributed by atoms with Gasteiger partial charge in [-0.1, -0.05) is 299 Å². The van der Waals surface area contributed by atoms with Crippen LogP contribution in [0.3, 0.4) is 0 Å². The number of halogens is 3. The van der Waals surface area contributed by atoms with Gasteiger partial charge in [0.1, 0.15) is 26.2 Å². The number of benzene rings is 16. The van der Waals surface area contributed by atoms with Crippen molar-refractivity contribution in [3.63, 3.8) is 0 Å². The zero-order chi connectivity index (χ0) is 64.8. The number of aryl methyl sites for hydroxylation is 4. The lowest BCUT2D eigenvalue weighted by molar-refractivity contribution is -0.978. The van der Waals surface area contributed by atoms with Crippen LogP contribution in [0.2, 0.25) is 0 Å². The molecule has 3 aliphatic heterocycles. The van der Waals surface area contributed by atoms with Gasteiger partial charge in [0.25, 0.3) is 0 Å². The van der Waals surface area contributed by atoms with Gasteiger partial charge in [-0.3, -0.25) is 0 Å². The average molecular weight is 1450 g/mol. The second-order valence-corrected chi connectivity index (χ2v) is 28.3. The van der Waals surface area contributed by atoms with Gasteiger partial charge < -0.3 is 26.8 Å². The summed E-state index contributed by atoms with van der Waals surface area (Å²) in [7, 11) is 0. The molecular weight excluding hydrogens is 1370 g/mol. The van der Waals surface area contributed by atoms with E-state index in [2.05, 4.69) is 332 Å². The molecule has 16 aromatic rings. The Kier molecular flexibility index (Phi) is 16.7. The highest BCUT2D eigenvalue weighted by atomic mass is 79.9. The number of fused-ring (bicyclic) bond motifs is 23. The molecule has 0 saturated carbocycles. The van der Waals surface area contributed by atoms with Gasteiger partial charge in [0.2, 0.25) is 0 Å².